The predicted octanol–water partition coefficient (Wildman–Crippen LogP) is 3.27. The Morgan fingerprint density at radius 2 is 2.00 bits per heavy atom. The van der Waals surface area contributed by atoms with Gasteiger partial charge in [0.15, 0.2) is 0 Å². The smallest absolute Gasteiger partial charge is 0.0617 e. The van der Waals surface area contributed by atoms with Crippen LogP contribution in [-0.4, -0.2) is 16.5 Å². The van der Waals surface area contributed by atoms with Crippen molar-refractivity contribution >= 4 is 12.6 Å². The lowest BCUT2D eigenvalue weighted by Crippen LogP contribution is -2.22. The maximum atomic E-state index is 9.76. The lowest BCUT2D eigenvalue weighted by Gasteiger charge is -2.22. The summed E-state index contributed by atoms with van der Waals surface area (Å²) >= 11 is 4.30. The molecule has 1 N–H and O–H groups in total. The van der Waals surface area contributed by atoms with Crippen LogP contribution in [0.2, 0.25) is 0 Å². The molecule has 1 nitrogen and oxygen atoms in total. The monoisotopic (exact) mass is 204 g/mol. The van der Waals surface area contributed by atoms with E-state index in [0.717, 1.165) is 30.9 Å². The Balaban J connectivity index is 3.54. The molecule has 0 aromatic heterocycles. The first kappa shape index (κ1) is 13.3. The van der Waals surface area contributed by atoms with Crippen LogP contribution < -0.4 is 0 Å². The maximum Gasteiger partial charge on any atom is 0.0617 e. The number of aliphatic hydroxyl groups is 1. The lowest BCUT2D eigenvalue weighted by molar-refractivity contribution is 0.0434. The number of hydrogen-bond donors (Lipinski definition) is 2. The molecule has 0 aromatic rings. The van der Waals surface area contributed by atoms with Crippen LogP contribution in [0.1, 0.15) is 52.9 Å². The van der Waals surface area contributed by atoms with Crippen LogP contribution in [0.15, 0.2) is 0 Å². The second-order valence-corrected chi connectivity index (χ2v) is 4.56. The minimum atomic E-state index is -0.450. The van der Waals surface area contributed by atoms with Crippen molar-refractivity contribution in [3.8, 4) is 0 Å². The molecule has 2 atom stereocenters. The van der Waals surface area contributed by atoms with Crippen molar-refractivity contribution in [1.82, 2.24) is 0 Å². The van der Waals surface area contributed by atoms with Gasteiger partial charge in [-0.05, 0) is 37.9 Å². The lowest BCUT2D eigenvalue weighted by atomic mass is 9.92. The van der Waals surface area contributed by atoms with Gasteiger partial charge in [0.25, 0.3) is 0 Å². The second kappa shape index (κ2) is 6.72. The number of hydrogen-bond acceptors (Lipinski definition) is 2. The van der Waals surface area contributed by atoms with E-state index in [0.29, 0.717) is 0 Å². The number of rotatable bonds is 7. The van der Waals surface area contributed by atoms with E-state index in [2.05, 4.69) is 19.6 Å². The van der Waals surface area contributed by atoms with E-state index in [1.54, 1.807) is 0 Å². The Kier molecular flexibility index (Phi) is 6.88. The molecule has 0 spiro atoms. The molecule has 0 aliphatic rings. The fourth-order valence-electron chi connectivity index (χ4n) is 1.37. The van der Waals surface area contributed by atoms with Gasteiger partial charge in [-0.15, -0.1) is 0 Å². The summed E-state index contributed by atoms with van der Waals surface area (Å²) in [5.74, 6) is 1.71. The van der Waals surface area contributed by atoms with Crippen molar-refractivity contribution < 1.29 is 5.11 Å². The van der Waals surface area contributed by atoms with Crippen molar-refractivity contribution in [2.45, 2.75) is 58.5 Å². The largest absolute Gasteiger partial charge is 0.390 e. The predicted molar refractivity (Wildman–Crippen MR) is 62.4 cm³/mol. The SMILES string of the molecule is CCC(CS)CCCC(C)(O)CC. The van der Waals surface area contributed by atoms with E-state index in [-0.39, 0.29) is 0 Å². The van der Waals surface area contributed by atoms with Gasteiger partial charge in [-0.2, -0.15) is 12.6 Å². The summed E-state index contributed by atoms with van der Waals surface area (Å²) in [6.45, 7) is 6.17. The zero-order valence-electron chi connectivity index (χ0n) is 9.21. The highest BCUT2D eigenvalue weighted by atomic mass is 32.1. The summed E-state index contributed by atoms with van der Waals surface area (Å²) in [5.41, 5.74) is -0.450. The molecule has 0 radical (unpaired) electrons. The van der Waals surface area contributed by atoms with Gasteiger partial charge in [-0.1, -0.05) is 26.7 Å². The van der Waals surface area contributed by atoms with Crippen LogP contribution in [0.3, 0.4) is 0 Å². The van der Waals surface area contributed by atoms with Crippen LogP contribution in [0, 0.1) is 5.92 Å². The first-order valence-electron chi connectivity index (χ1n) is 5.39. The summed E-state index contributed by atoms with van der Waals surface area (Å²) < 4.78 is 0. The van der Waals surface area contributed by atoms with Crippen molar-refractivity contribution in [1.29, 1.82) is 0 Å². The van der Waals surface area contributed by atoms with Crippen LogP contribution in [0.5, 0.6) is 0 Å². The third-order valence-corrected chi connectivity index (χ3v) is 3.44. The molecule has 2 unspecified atom stereocenters. The molecule has 0 amide bonds. The summed E-state index contributed by atoms with van der Waals surface area (Å²) in [6.07, 6.45) is 5.31. The molecule has 0 aliphatic heterocycles. The van der Waals surface area contributed by atoms with E-state index in [9.17, 15) is 5.11 Å². The molecule has 0 aromatic carbocycles. The molecule has 13 heavy (non-hydrogen) atoms. The quantitative estimate of drug-likeness (QED) is 0.610. The fourth-order valence-corrected chi connectivity index (χ4v) is 1.81. The van der Waals surface area contributed by atoms with Gasteiger partial charge in [0.05, 0.1) is 5.60 Å². The van der Waals surface area contributed by atoms with Crippen molar-refractivity contribution in [3.63, 3.8) is 0 Å². The van der Waals surface area contributed by atoms with Crippen LogP contribution >= 0.6 is 12.6 Å². The second-order valence-electron chi connectivity index (χ2n) is 4.20. The minimum Gasteiger partial charge on any atom is -0.390 e. The van der Waals surface area contributed by atoms with E-state index in [1.807, 2.05) is 13.8 Å². The van der Waals surface area contributed by atoms with Gasteiger partial charge in [-0.25, -0.2) is 0 Å². The van der Waals surface area contributed by atoms with E-state index < -0.39 is 5.60 Å². The van der Waals surface area contributed by atoms with E-state index >= 15 is 0 Å². The average Bonchev–Trinajstić information content (AvgIpc) is 2.12. The molecule has 0 heterocycles. The minimum absolute atomic E-state index is 0.450. The molecule has 0 saturated carbocycles. The number of thiol groups is 1. The van der Waals surface area contributed by atoms with Crippen molar-refractivity contribution in [3.05, 3.63) is 0 Å². The summed E-state index contributed by atoms with van der Waals surface area (Å²) in [7, 11) is 0. The summed E-state index contributed by atoms with van der Waals surface area (Å²) in [6, 6.07) is 0. The van der Waals surface area contributed by atoms with Crippen LogP contribution in [-0.2, 0) is 0 Å². The molecule has 0 saturated heterocycles. The van der Waals surface area contributed by atoms with Gasteiger partial charge in [0.1, 0.15) is 0 Å². The van der Waals surface area contributed by atoms with Crippen LogP contribution in [0.4, 0.5) is 0 Å². The Morgan fingerprint density at radius 3 is 2.38 bits per heavy atom. The Bertz CT molecular complexity index is 119. The molecule has 0 rings (SSSR count). The Hall–Kier alpha value is 0.310. The third kappa shape index (κ3) is 6.39. The fraction of sp³-hybridized carbons (Fsp3) is 1.00. The average molecular weight is 204 g/mol. The molecular weight excluding hydrogens is 180 g/mol. The third-order valence-electron chi connectivity index (χ3n) is 2.92. The van der Waals surface area contributed by atoms with Crippen molar-refractivity contribution in [2.75, 3.05) is 5.75 Å². The Labute approximate surface area is 88.3 Å². The first-order chi connectivity index (χ1) is 6.05. The van der Waals surface area contributed by atoms with Gasteiger partial charge in [0.2, 0.25) is 0 Å². The standard InChI is InChI=1S/C11H24OS/c1-4-10(9-13)7-6-8-11(3,12)5-2/h10,12-13H,4-9H2,1-3H3. The van der Waals surface area contributed by atoms with E-state index in [1.165, 1.54) is 12.8 Å². The molecule has 0 fully saturated rings. The summed E-state index contributed by atoms with van der Waals surface area (Å²) in [4.78, 5) is 0. The topological polar surface area (TPSA) is 20.2 Å². The van der Waals surface area contributed by atoms with Gasteiger partial charge in [0, 0.05) is 0 Å². The molecular formula is C11H24OS. The molecule has 0 bridgehead atoms. The van der Waals surface area contributed by atoms with E-state index in [4.69, 9.17) is 0 Å². The van der Waals surface area contributed by atoms with Gasteiger partial charge in [-0.3, -0.25) is 0 Å². The normalized spacial score (nSPS) is 18.2. The highest BCUT2D eigenvalue weighted by Crippen LogP contribution is 2.21. The summed E-state index contributed by atoms with van der Waals surface area (Å²) in [5, 5.41) is 9.76. The zero-order chi connectivity index (χ0) is 10.3. The van der Waals surface area contributed by atoms with Gasteiger partial charge >= 0.3 is 0 Å². The highest BCUT2D eigenvalue weighted by molar-refractivity contribution is 7.80. The van der Waals surface area contributed by atoms with Gasteiger partial charge < -0.3 is 5.11 Å². The zero-order valence-corrected chi connectivity index (χ0v) is 10.1. The first-order valence-corrected chi connectivity index (χ1v) is 6.02. The Morgan fingerprint density at radius 1 is 1.38 bits per heavy atom. The molecule has 2 heteroatoms. The highest BCUT2D eigenvalue weighted by Gasteiger charge is 2.17. The van der Waals surface area contributed by atoms with Crippen LogP contribution in [0.25, 0.3) is 0 Å². The maximum absolute atomic E-state index is 9.76. The van der Waals surface area contributed by atoms with Crippen molar-refractivity contribution in [2.24, 2.45) is 5.92 Å². The molecule has 80 valence electrons. The molecule has 0 aliphatic carbocycles.